The minimum Gasteiger partial charge on any atom is -0.478 e. The summed E-state index contributed by atoms with van der Waals surface area (Å²) in [7, 11) is 0. The van der Waals surface area contributed by atoms with Crippen molar-refractivity contribution in [3.63, 3.8) is 0 Å². The number of aryl methyl sites for hydroxylation is 2. The van der Waals surface area contributed by atoms with Crippen molar-refractivity contribution in [2.24, 2.45) is 0 Å². The number of carbonyl (C=O) groups excluding carboxylic acids is 1. The van der Waals surface area contributed by atoms with Crippen LogP contribution in [0.5, 0.6) is 0 Å². The van der Waals surface area contributed by atoms with E-state index in [1.54, 1.807) is 19.1 Å². The van der Waals surface area contributed by atoms with Crippen LogP contribution in [-0.4, -0.2) is 17.0 Å². The molecule has 2 N–H and O–H groups in total. The van der Waals surface area contributed by atoms with Crippen LogP contribution in [-0.2, 0) is 0 Å². The van der Waals surface area contributed by atoms with Crippen molar-refractivity contribution >= 4 is 17.6 Å². The first-order chi connectivity index (χ1) is 12.9. The summed E-state index contributed by atoms with van der Waals surface area (Å²) in [6, 6.07) is 18.9. The maximum Gasteiger partial charge on any atom is 0.336 e. The maximum atomic E-state index is 12.9. The van der Waals surface area contributed by atoms with Gasteiger partial charge in [-0.1, -0.05) is 48.5 Å². The summed E-state index contributed by atoms with van der Waals surface area (Å²) >= 11 is 0. The lowest BCUT2D eigenvalue weighted by molar-refractivity contribution is 0.0695. The van der Waals surface area contributed by atoms with Crippen LogP contribution < -0.4 is 5.32 Å². The first-order valence-corrected chi connectivity index (χ1v) is 8.69. The Hall–Kier alpha value is -3.40. The van der Waals surface area contributed by atoms with Crippen LogP contribution in [0.25, 0.3) is 11.1 Å². The van der Waals surface area contributed by atoms with Gasteiger partial charge < -0.3 is 10.4 Å². The average molecular weight is 359 g/mol. The van der Waals surface area contributed by atoms with E-state index < -0.39 is 5.97 Å². The lowest BCUT2D eigenvalue weighted by Gasteiger charge is -2.15. The van der Waals surface area contributed by atoms with Gasteiger partial charge in [0.2, 0.25) is 0 Å². The van der Waals surface area contributed by atoms with Gasteiger partial charge in [0.15, 0.2) is 0 Å². The van der Waals surface area contributed by atoms with Crippen molar-refractivity contribution in [3.8, 4) is 11.1 Å². The van der Waals surface area contributed by atoms with Crippen molar-refractivity contribution < 1.29 is 14.7 Å². The Morgan fingerprint density at radius 1 is 0.778 bits per heavy atom. The third-order valence-electron chi connectivity index (χ3n) is 4.73. The topological polar surface area (TPSA) is 66.4 Å². The van der Waals surface area contributed by atoms with E-state index in [1.165, 1.54) is 0 Å². The molecule has 0 aliphatic heterocycles. The molecule has 0 aliphatic rings. The van der Waals surface area contributed by atoms with Crippen LogP contribution in [0.15, 0.2) is 60.7 Å². The van der Waals surface area contributed by atoms with E-state index in [0.717, 1.165) is 22.3 Å². The van der Waals surface area contributed by atoms with Gasteiger partial charge >= 0.3 is 5.97 Å². The third kappa shape index (κ3) is 3.75. The van der Waals surface area contributed by atoms with E-state index >= 15 is 0 Å². The standard InChI is InChI=1S/C23H21NO3/c1-14-9-11-18(17-7-5-4-6-8-17)13-20(14)22(25)24-21-15(2)10-12-19(16(21)3)23(26)27/h4-13H,1-3H3,(H,24,25)(H,26,27). The van der Waals surface area contributed by atoms with Crippen molar-refractivity contribution in [1.29, 1.82) is 0 Å². The highest BCUT2D eigenvalue weighted by atomic mass is 16.4. The molecule has 3 aromatic rings. The molecule has 0 radical (unpaired) electrons. The van der Waals surface area contributed by atoms with Crippen LogP contribution in [0.4, 0.5) is 5.69 Å². The zero-order valence-electron chi connectivity index (χ0n) is 15.5. The fraction of sp³-hybridized carbons (Fsp3) is 0.130. The molecular formula is C23H21NO3. The molecule has 0 heterocycles. The lowest BCUT2D eigenvalue weighted by atomic mass is 9.98. The van der Waals surface area contributed by atoms with Crippen LogP contribution in [0.3, 0.4) is 0 Å². The Morgan fingerprint density at radius 3 is 2.11 bits per heavy atom. The molecule has 0 bridgehead atoms. The summed E-state index contributed by atoms with van der Waals surface area (Å²) in [6.07, 6.45) is 0. The number of hydrogen-bond acceptors (Lipinski definition) is 2. The summed E-state index contributed by atoms with van der Waals surface area (Å²) in [6.45, 7) is 5.44. The van der Waals surface area contributed by atoms with E-state index in [1.807, 2.05) is 62.4 Å². The Morgan fingerprint density at radius 2 is 1.44 bits per heavy atom. The van der Waals surface area contributed by atoms with E-state index in [0.29, 0.717) is 16.8 Å². The summed E-state index contributed by atoms with van der Waals surface area (Å²) in [5.41, 5.74) is 5.52. The molecule has 0 saturated carbocycles. The van der Waals surface area contributed by atoms with Gasteiger partial charge in [0.05, 0.1) is 5.56 Å². The monoisotopic (exact) mass is 359 g/mol. The zero-order chi connectivity index (χ0) is 19.6. The van der Waals surface area contributed by atoms with Crippen LogP contribution in [0, 0.1) is 20.8 Å². The summed E-state index contributed by atoms with van der Waals surface area (Å²) in [5, 5.41) is 12.2. The quantitative estimate of drug-likeness (QED) is 0.670. The van der Waals surface area contributed by atoms with Crippen LogP contribution in [0.1, 0.15) is 37.4 Å². The second-order valence-corrected chi connectivity index (χ2v) is 6.59. The van der Waals surface area contributed by atoms with Gasteiger partial charge in [-0.3, -0.25) is 4.79 Å². The number of hydrogen-bond donors (Lipinski definition) is 2. The van der Waals surface area contributed by atoms with Gasteiger partial charge in [-0.25, -0.2) is 4.79 Å². The zero-order valence-corrected chi connectivity index (χ0v) is 15.5. The van der Waals surface area contributed by atoms with Crippen LogP contribution in [0.2, 0.25) is 0 Å². The van der Waals surface area contributed by atoms with E-state index in [-0.39, 0.29) is 11.5 Å². The van der Waals surface area contributed by atoms with E-state index in [4.69, 9.17) is 0 Å². The Bertz CT molecular complexity index is 1020. The third-order valence-corrected chi connectivity index (χ3v) is 4.73. The highest BCUT2D eigenvalue weighted by Crippen LogP contribution is 2.26. The number of nitrogens with one attached hydrogen (secondary N) is 1. The molecule has 0 aromatic heterocycles. The van der Waals surface area contributed by atoms with Gasteiger partial charge in [-0.2, -0.15) is 0 Å². The summed E-state index contributed by atoms with van der Waals surface area (Å²) < 4.78 is 0. The second-order valence-electron chi connectivity index (χ2n) is 6.59. The molecule has 0 unspecified atom stereocenters. The number of anilines is 1. The fourth-order valence-electron chi connectivity index (χ4n) is 3.13. The highest BCUT2D eigenvalue weighted by Gasteiger charge is 2.17. The molecule has 136 valence electrons. The maximum absolute atomic E-state index is 12.9. The van der Waals surface area contributed by atoms with Crippen molar-refractivity contribution in [2.45, 2.75) is 20.8 Å². The molecular weight excluding hydrogens is 338 g/mol. The molecule has 1 amide bonds. The normalized spacial score (nSPS) is 10.5. The van der Waals surface area contributed by atoms with E-state index in [9.17, 15) is 14.7 Å². The molecule has 27 heavy (non-hydrogen) atoms. The van der Waals surface area contributed by atoms with E-state index in [2.05, 4.69) is 5.32 Å². The summed E-state index contributed by atoms with van der Waals surface area (Å²) in [5.74, 6) is -1.26. The predicted octanol–water partition coefficient (Wildman–Crippen LogP) is 5.23. The van der Waals surface area contributed by atoms with Gasteiger partial charge in [0.1, 0.15) is 0 Å². The molecule has 4 nitrogen and oxygen atoms in total. The highest BCUT2D eigenvalue weighted by molar-refractivity contribution is 6.07. The molecule has 3 aromatic carbocycles. The number of benzene rings is 3. The summed E-state index contributed by atoms with van der Waals surface area (Å²) in [4.78, 5) is 24.3. The fourth-order valence-corrected chi connectivity index (χ4v) is 3.13. The van der Waals surface area contributed by atoms with Gasteiger partial charge in [-0.15, -0.1) is 0 Å². The van der Waals surface area contributed by atoms with Crippen molar-refractivity contribution in [1.82, 2.24) is 0 Å². The molecule has 0 aliphatic carbocycles. The minimum absolute atomic E-state index is 0.186. The second kappa shape index (κ2) is 7.46. The van der Waals surface area contributed by atoms with Crippen molar-refractivity contribution in [3.05, 3.63) is 88.5 Å². The Labute approximate surface area is 158 Å². The number of aromatic carboxylic acids is 1. The number of carboxylic acid groups (broad SMARTS) is 1. The molecule has 4 heteroatoms. The Balaban J connectivity index is 1.98. The first kappa shape index (κ1) is 18.4. The average Bonchev–Trinajstić information content (AvgIpc) is 2.65. The molecule has 0 atom stereocenters. The molecule has 3 rings (SSSR count). The van der Waals surface area contributed by atoms with Crippen molar-refractivity contribution in [2.75, 3.05) is 5.32 Å². The SMILES string of the molecule is Cc1ccc(-c2ccccc2)cc1C(=O)Nc1c(C)ccc(C(=O)O)c1C. The minimum atomic E-state index is -1.01. The predicted molar refractivity (Wildman–Crippen MR) is 107 cm³/mol. The number of carbonyl (C=O) groups is 2. The first-order valence-electron chi connectivity index (χ1n) is 8.69. The van der Waals surface area contributed by atoms with Gasteiger partial charge in [-0.05, 0) is 60.7 Å². The number of amides is 1. The smallest absolute Gasteiger partial charge is 0.336 e. The molecule has 0 saturated heterocycles. The lowest BCUT2D eigenvalue weighted by Crippen LogP contribution is -2.16. The number of carboxylic acids is 1. The molecule has 0 fully saturated rings. The largest absolute Gasteiger partial charge is 0.478 e. The van der Waals surface area contributed by atoms with Gasteiger partial charge in [0, 0.05) is 11.3 Å². The van der Waals surface area contributed by atoms with Gasteiger partial charge in [0.25, 0.3) is 5.91 Å². The molecule has 0 spiro atoms. The number of rotatable bonds is 4. The Kier molecular flexibility index (Phi) is 5.08. The van der Waals surface area contributed by atoms with Crippen LogP contribution >= 0.6 is 0 Å².